The summed E-state index contributed by atoms with van der Waals surface area (Å²) in [5.74, 6) is -0.387. The second kappa shape index (κ2) is 5.80. The zero-order chi connectivity index (χ0) is 15.6. The average Bonchev–Trinajstić information content (AvgIpc) is 2.85. The second-order valence-corrected chi connectivity index (χ2v) is 4.84. The molecule has 0 spiro atoms. The molecule has 0 saturated heterocycles. The van der Waals surface area contributed by atoms with Gasteiger partial charge in [-0.25, -0.2) is 14.1 Å². The highest BCUT2D eigenvalue weighted by Crippen LogP contribution is 2.29. The molecule has 0 fully saturated rings. The van der Waals surface area contributed by atoms with Gasteiger partial charge in [0.25, 0.3) is 0 Å². The Balaban J connectivity index is 2.36. The summed E-state index contributed by atoms with van der Waals surface area (Å²) >= 11 is 0. The van der Waals surface area contributed by atoms with Gasteiger partial charge < -0.3 is 5.32 Å². The van der Waals surface area contributed by atoms with Crippen molar-refractivity contribution in [3.05, 3.63) is 41.6 Å². The summed E-state index contributed by atoms with van der Waals surface area (Å²) < 4.78 is 52.0. The summed E-state index contributed by atoms with van der Waals surface area (Å²) in [7, 11) is 0. The van der Waals surface area contributed by atoms with Gasteiger partial charge in [0, 0.05) is 24.3 Å². The highest BCUT2D eigenvalue weighted by atomic mass is 19.4. The Bertz CT molecular complexity index is 619. The van der Waals surface area contributed by atoms with Crippen molar-refractivity contribution in [2.75, 3.05) is 0 Å². The molecule has 0 aliphatic heterocycles. The van der Waals surface area contributed by atoms with Crippen molar-refractivity contribution in [2.45, 2.75) is 32.6 Å². The fourth-order valence-electron chi connectivity index (χ4n) is 1.71. The predicted octanol–water partition coefficient (Wildman–Crippen LogP) is 2.92. The van der Waals surface area contributed by atoms with Crippen molar-refractivity contribution in [1.82, 2.24) is 20.1 Å². The summed E-state index contributed by atoms with van der Waals surface area (Å²) in [6.07, 6.45) is -1.98. The van der Waals surface area contributed by atoms with Gasteiger partial charge in [0.2, 0.25) is 0 Å². The number of rotatable bonds is 4. The van der Waals surface area contributed by atoms with Gasteiger partial charge in [0.15, 0.2) is 5.82 Å². The van der Waals surface area contributed by atoms with E-state index in [1.807, 2.05) is 13.8 Å². The zero-order valence-electron chi connectivity index (χ0n) is 11.4. The van der Waals surface area contributed by atoms with Gasteiger partial charge in [-0.15, -0.1) is 0 Å². The normalized spacial score (nSPS) is 12.1. The van der Waals surface area contributed by atoms with Gasteiger partial charge in [0.1, 0.15) is 5.82 Å². The Morgan fingerprint density at radius 2 is 2.00 bits per heavy atom. The van der Waals surface area contributed by atoms with Crippen molar-refractivity contribution in [3.8, 4) is 5.82 Å². The fraction of sp³-hybridized carbons (Fsp3) is 0.385. The first kappa shape index (κ1) is 15.4. The summed E-state index contributed by atoms with van der Waals surface area (Å²) in [5, 5.41) is 6.72. The number of halogens is 4. The van der Waals surface area contributed by atoms with E-state index in [9.17, 15) is 17.6 Å². The van der Waals surface area contributed by atoms with E-state index in [2.05, 4.69) is 15.4 Å². The third kappa shape index (κ3) is 3.78. The molecule has 0 aromatic carbocycles. The Labute approximate surface area is 118 Å². The van der Waals surface area contributed by atoms with Crippen molar-refractivity contribution < 1.29 is 17.6 Å². The van der Waals surface area contributed by atoms with Crippen molar-refractivity contribution in [1.29, 1.82) is 0 Å². The van der Waals surface area contributed by atoms with Gasteiger partial charge >= 0.3 is 6.18 Å². The van der Waals surface area contributed by atoms with Crippen LogP contribution in [0.3, 0.4) is 0 Å². The third-order valence-corrected chi connectivity index (χ3v) is 2.74. The van der Waals surface area contributed by atoms with E-state index in [0.29, 0.717) is 11.8 Å². The van der Waals surface area contributed by atoms with E-state index in [4.69, 9.17) is 0 Å². The standard InChI is InChI=1S/C13H14F4N4/c1-8(2)18-4-9-3-11(14)6-19-12(9)21-7-10(5-20-21)13(15,16)17/h3,5-8,18H,4H2,1-2H3. The van der Waals surface area contributed by atoms with E-state index >= 15 is 0 Å². The predicted molar refractivity (Wildman–Crippen MR) is 68.3 cm³/mol. The lowest BCUT2D eigenvalue weighted by Crippen LogP contribution is -2.23. The first-order valence-electron chi connectivity index (χ1n) is 6.27. The summed E-state index contributed by atoms with van der Waals surface area (Å²) in [4.78, 5) is 3.84. The van der Waals surface area contributed by atoms with Crippen LogP contribution in [0.25, 0.3) is 5.82 Å². The minimum atomic E-state index is -4.48. The second-order valence-electron chi connectivity index (χ2n) is 4.84. The summed E-state index contributed by atoms with van der Waals surface area (Å²) in [6, 6.07) is 1.37. The van der Waals surface area contributed by atoms with E-state index in [-0.39, 0.29) is 18.4 Å². The fourth-order valence-corrected chi connectivity index (χ4v) is 1.71. The molecule has 114 valence electrons. The number of alkyl halides is 3. The van der Waals surface area contributed by atoms with Crippen LogP contribution >= 0.6 is 0 Å². The molecule has 2 aromatic heterocycles. The molecule has 0 radical (unpaired) electrons. The maximum Gasteiger partial charge on any atom is 0.419 e. The molecule has 0 aliphatic carbocycles. The molecule has 0 unspecified atom stereocenters. The van der Waals surface area contributed by atoms with Gasteiger partial charge in [-0.3, -0.25) is 0 Å². The first-order valence-corrected chi connectivity index (χ1v) is 6.27. The summed E-state index contributed by atoms with van der Waals surface area (Å²) in [6.45, 7) is 4.09. The van der Waals surface area contributed by atoms with E-state index in [1.54, 1.807) is 0 Å². The molecule has 2 rings (SSSR count). The van der Waals surface area contributed by atoms with Crippen LogP contribution in [0.5, 0.6) is 0 Å². The van der Waals surface area contributed by atoms with E-state index < -0.39 is 17.6 Å². The lowest BCUT2D eigenvalue weighted by Gasteiger charge is -2.12. The van der Waals surface area contributed by atoms with Crippen molar-refractivity contribution in [3.63, 3.8) is 0 Å². The van der Waals surface area contributed by atoms with Crippen LogP contribution in [0.4, 0.5) is 17.6 Å². The van der Waals surface area contributed by atoms with Crippen LogP contribution < -0.4 is 5.32 Å². The van der Waals surface area contributed by atoms with Crippen LogP contribution in [-0.4, -0.2) is 20.8 Å². The van der Waals surface area contributed by atoms with Crippen molar-refractivity contribution >= 4 is 0 Å². The summed E-state index contributed by atoms with van der Waals surface area (Å²) in [5.41, 5.74) is -0.447. The quantitative estimate of drug-likeness (QED) is 0.883. The van der Waals surface area contributed by atoms with Crippen LogP contribution in [0.15, 0.2) is 24.7 Å². The van der Waals surface area contributed by atoms with Crippen LogP contribution in [0.1, 0.15) is 25.0 Å². The van der Waals surface area contributed by atoms with Gasteiger partial charge in [-0.1, -0.05) is 13.8 Å². The Morgan fingerprint density at radius 3 is 2.57 bits per heavy atom. The van der Waals surface area contributed by atoms with Gasteiger partial charge in [-0.2, -0.15) is 18.3 Å². The molecule has 8 heteroatoms. The maximum absolute atomic E-state index is 13.3. The number of aromatic nitrogens is 3. The Hall–Kier alpha value is -1.96. The molecule has 0 amide bonds. The minimum Gasteiger partial charge on any atom is -0.310 e. The lowest BCUT2D eigenvalue weighted by molar-refractivity contribution is -0.137. The molecular weight excluding hydrogens is 288 g/mol. The molecule has 2 aromatic rings. The molecule has 0 atom stereocenters. The van der Waals surface area contributed by atoms with E-state index in [1.165, 1.54) is 6.07 Å². The molecular formula is C13H14F4N4. The largest absolute Gasteiger partial charge is 0.419 e. The van der Waals surface area contributed by atoms with Crippen LogP contribution in [0.2, 0.25) is 0 Å². The zero-order valence-corrected chi connectivity index (χ0v) is 11.4. The number of nitrogens with zero attached hydrogens (tertiary/aromatic N) is 3. The topological polar surface area (TPSA) is 42.7 Å². The number of hydrogen-bond acceptors (Lipinski definition) is 3. The molecule has 0 bridgehead atoms. The molecule has 0 aliphatic rings. The van der Waals surface area contributed by atoms with Crippen LogP contribution in [0, 0.1) is 5.82 Å². The highest BCUT2D eigenvalue weighted by molar-refractivity contribution is 5.34. The monoisotopic (exact) mass is 302 g/mol. The SMILES string of the molecule is CC(C)NCc1cc(F)cnc1-n1cc(C(F)(F)F)cn1. The Morgan fingerprint density at radius 1 is 1.29 bits per heavy atom. The molecule has 1 N–H and O–H groups in total. The average molecular weight is 302 g/mol. The number of nitrogens with one attached hydrogen (secondary N) is 1. The van der Waals surface area contributed by atoms with E-state index in [0.717, 1.165) is 17.1 Å². The van der Waals surface area contributed by atoms with Crippen LogP contribution in [-0.2, 0) is 12.7 Å². The Kier molecular flexibility index (Phi) is 4.26. The number of pyridine rings is 1. The van der Waals surface area contributed by atoms with Gasteiger partial charge in [0.05, 0.1) is 18.0 Å². The highest BCUT2D eigenvalue weighted by Gasteiger charge is 2.32. The lowest BCUT2D eigenvalue weighted by atomic mass is 10.2. The molecule has 4 nitrogen and oxygen atoms in total. The molecule has 0 saturated carbocycles. The van der Waals surface area contributed by atoms with Crippen molar-refractivity contribution in [2.24, 2.45) is 0 Å². The minimum absolute atomic E-state index is 0.143. The first-order chi connectivity index (χ1) is 9.77. The molecule has 2 heterocycles. The number of hydrogen-bond donors (Lipinski definition) is 1. The maximum atomic E-state index is 13.3. The smallest absolute Gasteiger partial charge is 0.310 e. The third-order valence-electron chi connectivity index (χ3n) is 2.74. The molecule has 21 heavy (non-hydrogen) atoms. The van der Waals surface area contributed by atoms with Gasteiger partial charge in [-0.05, 0) is 6.07 Å².